The molecule has 1 aromatic rings. The maximum absolute atomic E-state index is 13.3. The summed E-state index contributed by atoms with van der Waals surface area (Å²) in [4.78, 5) is 36.8. The van der Waals surface area contributed by atoms with E-state index in [-0.39, 0.29) is 24.3 Å². The standard InChI is InChI=1S/C23H28Cl2N2O3.C4H4O4/c1-30-23(29)9-4-5-17-18(23)8-12-27(21(17)15-26-10-2-3-11-26)22(28)14-16-6-7-19(24)20(25)13-16;5-3(6)1-2-4(7)8/h4-7,9,13,18,21,29H,2-3,8,10-12,14-15H2,1H3;1-2H,(H,5,6)(H,7,8)/b;2-1-. The van der Waals surface area contributed by atoms with E-state index in [1.807, 2.05) is 17.0 Å². The Bertz CT molecular complexity index is 1110. The summed E-state index contributed by atoms with van der Waals surface area (Å²) in [5, 5.41) is 27.5. The molecule has 38 heavy (non-hydrogen) atoms. The second-order valence-electron chi connectivity index (χ2n) is 9.37. The first kappa shape index (κ1) is 29.9. The number of ether oxygens (including phenoxy) is 1. The molecule has 2 heterocycles. The lowest BCUT2D eigenvalue weighted by molar-refractivity contribution is -0.185. The number of benzene rings is 1. The van der Waals surface area contributed by atoms with Crippen molar-refractivity contribution in [3.8, 4) is 0 Å². The number of carbonyl (C=O) groups excluding carboxylic acids is 1. The number of carboxylic acid groups (broad SMARTS) is 2. The molecule has 3 aliphatic rings. The fraction of sp³-hybridized carbons (Fsp3) is 0.444. The molecule has 2 saturated heterocycles. The molecule has 206 valence electrons. The highest BCUT2D eigenvalue weighted by molar-refractivity contribution is 6.42. The lowest BCUT2D eigenvalue weighted by Crippen LogP contribution is -2.57. The number of likely N-dealkylation sites (tertiary alicyclic amines) is 2. The van der Waals surface area contributed by atoms with Crippen LogP contribution in [-0.4, -0.2) is 88.1 Å². The van der Waals surface area contributed by atoms with E-state index in [2.05, 4.69) is 11.0 Å². The first-order valence-corrected chi connectivity index (χ1v) is 13.1. The molecule has 2 fully saturated rings. The Balaban J connectivity index is 0.000000436. The molecule has 0 saturated carbocycles. The Kier molecular flexibility index (Phi) is 10.5. The third-order valence-electron chi connectivity index (χ3n) is 6.93. The van der Waals surface area contributed by atoms with Crippen molar-refractivity contribution < 1.29 is 34.4 Å². The number of allylic oxidation sites excluding steroid dienone is 2. The molecule has 1 aliphatic carbocycles. The van der Waals surface area contributed by atoms with Gasteiger partial charge in [0.1, 0.15) is 0 Å². The van der Waals surface area contributed by atoms with Crippen molar-refractivity contribution in [2.45, 2.75) is 37.5 Å². The number of carbonyl (C=O) groups is 3. The Hall–Kier alpha value is -2.69. The number of amides is 1. The minimum atomic E-state index is -1.31. The van der Waals surface area contributed by atoms with Crippen LogP contribution in [0.3, 0.4) is 0 Å². The lowest BCUT2D eigenvalue weighted by atomic mass is 9.76. The molecule has 9 nitrogen and oxygen atoms in total. The Morgan fingerprint density at radius 1 is 1.08 bits per heavy atom. The summed E-state index contributed by atoms with van der Waals surface area (Å²) in [6.07, 6.45) is 10.0. The molecule has 4 rings (SSSR count). The van der Waals surface area contributed by atoms with Crippen LogP contribution >= 0.6 is 23.2 Å². The number of nitrogens with zero attached hydrogens (tertiary/aromatic N) is 2. The molecule has 2 aliphatic heterocycles. The van der Waals surface area contributed by atoms with Gasteiger partial charge in [-0.2, -0.15) is 0 Å². The second kappa shape index (κ2) is 13.4. The molecule has 1 amide bonds. The summed E-state index contributed by atoms with van der Waals surface area (Å²) in [6.45, 7) is 3.46. The maximum atomic E-state index is 13.3. The minimum absolute atomic E-state index is 0.0624. The average molecular weight is 567 g/mol. The van der Waals surface area contributed by atoms with Gasteiger partial charge in [-0.25, -0.2) is 9.59 Å². The van der Waals surface area contributed by atoms with Crippen molar-refractivity contribution in [1.82, 2.24) is 9.80 Å². The molecule has 3 N–H and O–H groups in total. The molecule has 0 radical (unpaired) electrons. The summed E-state index contributed by atoms with van der Waals surface area (Å²) in [7, 11) is 1.53. The quantitative estimate of drug-likeness (QED) is 0.338. The van der Waals surface area contributed by atoms with Crippen molar-refractivity contribution in [3.63, 3.8) is 0 Å². The lowest BCUT2D eigenvalue weighted by Gasteiger charge is -2.48. The number of aliphatic carboxylic acids is 2. The minimum Gasteiger partial charge on any atom is -0.478 e. The van der Waals surface area contributed by atoms with Crippen molar-refractivity contribution >= 4 is 41.0 Å². The van der Waals surface area contributed by atoms with Crippen LogP contribution < -0.4 is 0 Å². The number of hydrogen-bond acceptors (Lipinski definition) is 6. The van der Waals surface area contributed by atoms with Crippen molar-refractivity contribution in [2.24, 2.45) is 5.92 Å². The van der Waals surface area contributed by atoms with Crippen LogP contribution in [0, 0.1) is 5.92 Å². The van der Waals surface area contributed by atoms with E-state index in [9.17, 15) is 19.5 Å². The zero-order valence-corrected chi connectivity index (χ0v) is 22.6. The van der Waals surface area contributed by atoms with Crippen LogP contribution in [0.1, 0.15) is 24.8 Å². The summed E-state index contributed by atoms with van der Waals surface area (Å²) in [6, 6.07) is 5.26. The predicted molar refractivity (Wildman–Crippen MR) is 143 cm³/mol. The van der Waals surface area contributed by atoms with Crippen molar-refractivity contribution in [3.05, 3.63) is 69.8 Å². The smallest absolute Gasteiger partial charge is 0.328 e. The molecule has 0 spiro atoms. The van der Waals surface area contributed by atoms with Gasteiger partial charge in [0.25, 0.3) is 0 Å². The molecule has 1 aromatic carbocycles. The van der Waals surface area contributed by atoms with Gasteiger partial charge in [-0.15, -0.1) is 0 Å². The molecule has 0 bridgehead atoms. The topological polar surface area (TPSA) is 128 Å². The van der Waals surface area contributed by atoms with Gasteiger partial charge in [-0.1, -0.05) is 41.4 Å². The van der Waals surface area contributed by atoms with Gasteiger partial charge in [-0.05, 0) is 61.7 Å². The van der Waals surface area contributed by atoms with Crippen molar-refractivity contribution in [2.75, 3.05) is 33.3 Å². The van der Waals surface area contributed by atoms with Crippen LogP contribution in [0.25, 0.3) is 0 Å². The van der Waals surface area contributed by atoms with E-state index < -0.39 is 17.7 Å². The normalized spacial score (nSPS) is 24.9. The first-order valence-electron chi connectivity index (χ1n) is 12.3. The number of rotatable bonds is 7. The highest BCUT2D eigenvalue weighted by Gasteiger charge is 2.46. The van der Waals surface area contributed by atoms with Crippen LogP contribution in [0.5, 0.6) is 0 Å². The second-order valence-corrected chi connectivity index (χ2v) is 10.2. The Morgan fingerprint density at radius 2 is 1.74 bits per heavy atom. The highest BCUT2D eigenvalue weighted by atomic mass is 35.5. The van der Waals surface area contributed by atoms with E-state index >= 15 is 0 Å². The SMILES string of the molecule is COC1(O)C=CC=C2C(CN3CCCC3)N(C(=O)Cc3ccc(Cl)c(Cl)c3)CCC21.O=C(O)/C=C\C(=O)O. The third kappa shape index (κ3) is 7.68. The molecular weight excluding hydrogens is 535 g/mol. The summed E-state index contributed by atoms with van der Waals surface area (Å²) in [5.41, 5.74) is 1.92. The molecule has 3 atom stereocenters. The van der Waals surface area contributed by atoms with Gasteiger partial charge in [0.05, 0.1) is 22.5 Å². The number of aliphatic hydroxyl groups is 1. The van der Waals surface area contributed by atoms with E-state index in [1.165, 1.54) is 20.0 Å². The Labute approximate surface area is 231 Å². The molecule has 0 aromatic heterocycles. The number of methoxy groups -OCH3 is 1. The van der Waals surface area contributed by atoms with Gasteiger partial charge >= 0.3 is 11.9 Å². The largest absolute Gasteiger partial charge is 0.478 e. The monoisotopic (exact) mass is 566 g/mol. The Morgan fingerprint density at radius 3 is 2.32 bits per heavy atom. The van der Waals surface area contributed by atoms with Crippen LogP contribution in [0.15, 0.2) is 54.2 Å². The zero-order chi connectivity index (χ0) is 27.9. The summed E-state index contributed by atoms with van der Waals surface area (Å²) in [5.74, 6) is -3.91. The average Bonchev–Trinajstić information content (AvgIpc) is 3.39. The highest BCUT2D eigenvalue weighted by Crippen LogP contribution is 2.40. The van der Waals surface area contributed by atoms with E-state index in [1.54, 1.807) is 18.2 Å². The van der Waals surface area contributed by atoms with Gasteiger partial charge in [-0.3, -0.25) is 4.79 Å². The fourth-order valence-corrected chi connectivity index (χ4v) is 5.40. The van der Waals surface area contributed by atoms with Crippen molar-refractivity contribution in [1.29, 1.82) is 0 Å². The van der Waals surface area contributed by atoms with Crippen LogP contribution in [-0.2, 0) is 25.5 Å². The summed E-state index contributed by atoms with van der Waals surface area (Å²) < 4.78 is 5.47. The van der Waals surface area contributed by atoms with E-state index in [0.717, 1.165) is 30.8 Å². The molecule has 3 unspecified atom stereocenters. The number of carboxylic acids is 2. The van der Waals surface area contributed by atoms with Gasteiger partial charge in [0.15, 0.2) is 5.79 Å². The first-order chi connectivity index (χ1) is 18.0. The third-order valence-corrected chi connectivity index (χ3v) is 7.67. The van der Waals surface area contributed by atoms with Gasteiger partial charge < -0.3 is 29.9 Å². The maximum Gasteiger partial charge on any atom is 0.328 e. The van der Waals surface area contributed by atoms with Crippen LogP contribution in [0.4, 0.5) is 0 Å². The molecular formula is C27H32Cl2N2O7. The van der Waals surface area contributed by atoms with Gasteiger partial charge in [0, 0.05) is 38.3 Å². The van der Waals surface area contributed by atoms with Crippen LogP contribution in [0.2, 0.25) is 10.0 Å². The van der Waals surface area contributed by atoms with Gasteiger partial charge in [0.2, 0.25) is 5.91 Å². The number of hydrogen-bond donors (Lipinski definition) is 3. The number of halogens is 2. The van der Waals surface area contributed by atoms with E-state index in [0.29, 0.717) is 35.2 Å². The van der Waals surface area contributed by atoms with E-state index in [4.69, 9.17) is 38.2 Å². The molecule has 11 heteroatoms. The number of piperidine rings is 1. The summed E-state index contributed by atoms with van der Waals surface area (Å²) >= 11 is 12.2. The number of fused-ring (bicyclic) bond motifs is 1. The predicted octanol–water partition coefficient (Wildman–Crippen LogP) is 3.39. The zero-order valence-electron chi connectivity index (χ0n) is 21.1. The fourth-order valence-electron chi connectivity index (χ4n) is 5.08.